The Morgan fingerprint density at radius 1 is 1.28 bits per heavy atom. The number of halogens is 1. The molecule has 0 bridgehead atoms. The highest BCUT2D eigenvalue weighted by Gasteiger charge is 2.33. The van der Waals surface area contributed by atoms with E-state index in [9.17, 15) is 9.18 Å². The van der Waals surface area contributed by atoms with Gasteiger partial charge in [-0.2, -0.15) is 4.39 Å². The van der Waals surface area contributed by atoms with Crippen LogP contribution in [0.25, 0.3) is 11.8 Å². The molecule has 1 amide bonds. The Balaban J connectivity index is 1.62. The van der Waals surface area contributed by atoms with Crippen molar-refractivity contribution in [1.82, 2.24) is 19.4 Å². The topological polar surface area (TPSA) is 69.5 Å². The van der Waals surface area contributed by atoms with E-state index < -0.39 is 5.95 Å². The minimum atomic E-state index is -0.550. The van der Waals surface area contributed by atoms with E-state index in [1.54, 1.807) is 30.5 Å². The molecule has 3 aromatic rings. The van der Waals surface area contributed by atoms with Crippen molar-refractivity contribution in [2.75, 3.05) is 13.7 Å². The Labute approximate surface area is 186 Å². The largest absolute Gasteiger partial charge is 0.495 e. The van der Waals surface area contributed by atoms with Gasteiger partial charge in [-0.25, -0.2) is 9.97 Å². The lowest BCUT2D eigenvalue weighted by atomic mass is 10.1. The van der Waals surface area contributed by atoms with Crippen LogP contribution < -0.4 is 4.74 Å². The van der Waals surface area contributed by atoms with E-state index in [2.05, 4.69) is 9.97 Å². The highest BCUT2D eigenvalue weighted by molar-refractivity contribution is 5.96. The number of aryl methyl sites for hydroxylation is 1. The maximum Gasteiger partial charge on any atom is 0.289 e. The number of morpholine rings is 1. The summed E-state index contributed by atoms with van der Waals surface area (Å²) in [5.41, 5.74) is 3.28. The number of carbonyl (C=O) groups excluding carboxylic acids is 1. The summed E-state index contributed by atoms with van der Waals surface area (Å²) in [6, 6.07) is 8.33. The number of hydrogen-bond donors (Lipinski definition) is 0. The van der Waals surface area contributed by atoms with Gasteiger partial charge in [-0.3, -0.25) is 4.79 Å². The Bertz CT molecular complexity index is 1160. The molecular weight excluding hydrogens is 411 g/mol. The summed E-state index contributed by atoms with van der Waals surface area (Å²) >= 11 is 0. The van der Waals surface area contributed by atoms with Crippen molar-refractivity contribution in [3.63, 3.8) is 0 Å². The molecule has 8 heteroatoms. The van der Waals surface area contributed by atoms with Crippen LogP contribution in [-0.2, 0) is 9.53 Å². The summed E-state index contributed by atoms with van der Waals surface area (Å²) in [6.07, 6.45) is 6.62. The van der Waals surface area contributed by atoms with Crippen molar-refractivity contribution in [3.05, 3.63) is 77.6 Å². The molecule has 1 aliphatic heterocycles. The first-order chi connectivity index (χ1) is 15.4. The number of methoxy groups -OCH3 is 1. The number of carbonyl (C=O) groups is 1. The second-order valence-corrected chi connectivity index (χ2v) is 7.84. The Hall–Kier alpha value is -3.68. The molecule has 32 heavy (non-hydrogen) atoms. The van der Waals surface area contributed by atoms with Gasteiger partial charge >= 0.3 is 0 Å². The van der Waals surface area contributed by atoms with Crippen molar-refractivity contribution >= 4 is 12.0 Å². The highest BCUT2D eigenvalue weighted by Crippen LogP contribution is 2.30. The van der Waals surface area contributed by atoms with Gasteiger partial charge in [0.05, 0.1) is 37.4 Å². The number of pyridine rings is 1. The fraction of sp³-hybridized carbons (Fsp3) is 0.292. The van der Waals surface area contributed by atoms with Crippen molar-refractivity contribution in [2.45, 2.75) is 32.9 Å². The summed E-state index contributed by atoms with van der Waals surface area (Å²) in [7, 11) is 1.60. The summed E-state index contributed by atoms with van der Waals surface area (Å²) in [4.78, 5) is 22.9. The smallest absolute Gasteiger partial charge is 0.289 e. The minimum Gasteiger partial charge on any atom is -0.495 e. The number of hydrogen-bond acceptors (Lipinski definition) is 5. The predicted octanol–water partition coefficient (Wildman–Crippen LogP) is 4.07. The van der Waals surface area contributed by atoms with E-state index in [1.807, 2.05) is 49.7 Å². The molecule has 0 aliphatic carbocycles. The number of imidazole rings is 1. The van der Waals surface area contributed by atoms with Crippen LogP contribution in [-0.4, -0.2) is 45.1 Å². The Morgan fingerprint density at radius 3 is 2.75 bits per heavy atom. The van der Waals surface area contributed by atoms with Gasteiger partial charge in [-0.15, -0.1) is 0 Å². The number of benzene rings is 1. The Morgan fingerprint density at radius 2 is 2.09 bits per heavy atom. The first-order valence-corrected chi connectivity index (χ1v) is 10.4. The summed E-state index contributed by atoms with van der Waals surface area (Å²) in [5, 5.41) is 0. The molecule has 0 spiro atoms. The van der Waals surface area contributed by atoms with Gasteiger partial charge in [0, 0.05) is 12.4 Å². The molecule has 2 atom stereocenters. The van der Waals surface area contributed by atoms with Gasteiger partial charge in [-0.1, -0.05) is 12.1 Å². The first-order valence-electron chi connectivity index (χ1n) is 10.4. The van der Waals surface area contributed by atoms with Gasteiger partial charge in [0.25, 0.3) is 5.91 Å². The fourth-order valence-electron chi connectivity index (χ4n) is 3.75. The predicted molar refractivity (Wildman–Crippen MR) is 118 cm³/mol. The first kappa shape index (κ1) is 21.5. The quantitative estimate of drug-likeness (QED) is 0.445. The fourth-order valence-corrected chi connectivity index (χ4v) is 3.75. The highest BCUT2D eigenvalue weighted by atomic mass is 19.1. The van der Waals surface area contributed by atoms with Crippen LogP contribution in [0.4, 0.5) is 4.39 Å². The normalized spacial score (nSPS) is 18.5. The number of amides is 1. The average molecular weight is 436 g/mol. The molecular formula is C24H25FN4O3. The van der Waals surface area contributed by atoms with E-state index in [-0.39, 0.29) is 23.8 Å². The molecule has 4 rings (SSSR count). The number of aromatic nitrogens is 3. The average Bonchev–Trinajstić information content (AvgIpc) is 3.22. The minimum absolute atomic E-state index is 0.190. The summed E-state index contributed by atoms with van der Waals surface area (Å²) < 4.78 is 26.5. The molecule has 0 N–H and O–H groups in total. The van der Waals surface area contributed by atoms with Crippen LogP contribution in [0.3, 0.4) is 0 Å². The third-order valence-electron chi connectivity index (χ3n) is 5.45. The summed E-state index contributed by atoms with van der Waals surface area (Å²) in [5.74, 6) is 0.120. The molecule has 1 saturated heterocycles. The molecule has 0 saturated carbocycles. The maximum absolute atomic E-state index is 13.2. The van der Waals surface area contributed by atoms with Crippen molar-refractivity contribution < 1.29 is 18.7 Å². The lowest BCUT2D eigenvalue weighted by molar-refractivity contribution is -0.141. The lowest BCUT2D eigenvalue weighted by Crippen LogP contribution is -2.45. The van der Waals surface area contributed by atoms with Gasteiger partial charge in [0.1, 0.15) is 11.9 Å². The zero-order chi connectivity index (χ0) is 22.8. The molecule has 2 aromatic heterocycles. The Kier molecular flexibility index (Phi) is 5.94. The van der Waals surface area contributed by atoms with Crippen molar-refractivity contribution in [3.8, 4) is 11.4 Å². The van der Waals surface area contributed by atoms with E-state index in [4.69, 9.17) is 9.47 Å². The van der Waals surface area contributed by atoms with E-state index in [1.165, 1.54) is 12.3 Å². The molecule has 7 nitrogen and oxygen atoms in total. The molecule has 1 aromatic carbocycles. The van der Waals surface area contributed by atoms with Crippen LogP contribution in [0, 0.1) is 12.9 Å². The monoisotopic (exact) mass is 436 g/mol. The van der Waals surface area contributed by atoms with Crippen LogP contribution in [0.15, 0.2) is 54.8 Å². The standard InChI is InChI=1S/C24H25FN4O3/c1-15-12-28(14-27-15)20-7-5-18(9-21(20)31-4)10-22-24(30)29(13-16(2)32-22)17(3)19-6-8-23(25)26-11-19/h5-12,14,16-17H,13H2,1-4H3/t16?,17-/m0/s1. The molecule has 0 radical (unpaired) electrons. The van der Waals surface area contributed by atoms with E-state index >= 15 is 0 Å². The van der Waals surface area contributed by atoms with Gasteiger partial charge in [0.2, 0.25) is 5.95 Å². The van der Waals surface area contributed by atoms with Gasteiger partial charge in [0.15, 0.2) is 5.76 Å². The van der Waals surface area contributed by atoms with Crippen molar-refractivity contribution in [2.24, 2.45) is 0 Å². The summed E-state index contributed by atoms with van der Waals surface area (Å²) in [6.45, 7) is 6.15. The second-order valence-electron chi connectivity index (χ2n) is 7.84. The van der Waals surface area contributed by atoms with E-state index in [0.29, 0.717) is 12.3 Å². The van der Waals surface area contributed by atoms with Crippen LogP contribution in [0.2, 0.25) is 0 Å². The van der Waals surface area contributed by atoms with Crippen LogP contribution >= 0.6 is 0 Å². The molecule has 1 aliphatic rings. The third kappa shape index (κ3) is 4.34. The van der Waals surface area contributed by atoms with Crippen molar-refractivity contribution in [1.29, 1.82) is 0 Å². The zero-order valence-electron chi connectivity index (χ0n) is 18.4. The van der Waals surface area contributed by atoms with Crippen LogP contribution in [0.5, 0.6) is 5.75 Å². The number of ether oxygens (including phenoxy) is 2. The molecule has 1 unspecified atom stereocenters. The lowest BCUT2D eigenvalue weighted by Gasteiger charge is -2.37. The second kappa shape index (κ2) is 8.82. The van der Waals surface area contributed by atoms with E-state index in [0.717, 1.165) is 22.5 Å². The SMILES string of the molecule is COc1cc(C=C2OC(C)CN([C@@H](C)c3ccc(F)nc3)C2=O)ccc1-n1cnc(C)c1. The van der Waals surface area contributed by atoms with Crippen LogP contribution in [0.1, 0.15) is 36.7 Å². The zero-order valence-corrected chi connectivity index (χ0v) is 18.4. The molecule has 166 valence electrons. The number of nitrogens with zero attached hydrogens (tertiary/aromatic N) is 4. The van der Waals surface area contributed by atoms with Gasteiger partial charge in [-0.05, 0) is 56.2 Å². The number of rotatable bonds is 5. The molecule has 1 fully saturated rings. The third-order valence-corrected chi connectivity index (χ3v) is 5.45. The van der Waals surface area contributed by atoms with Gasteiger partial charge < -0.3 is 18.9 Å². The maximum atomic E-state index is 13.2. The molecule has 3 heterocycles.